The smallest absolute Gasteiger partial charge is 0.0543 e. The molecule has 1 aromatic rings. The minimum absolute atomic E-state index is 0.136. The monoisotopic (exact) mass is 233 g/mol. The van der Waals surface area contributed by atoms with Gasteiger partial charge in [0.1, 0.15) is 0 Å². The molecule has 1 fully saturated rings. The van der Waals surface area contributed by atoms with Crippen molar-refractivity contribution >= 4 is 0 Å². The van der Waals surface area contributed by atoms with Crippen molar-refractivity contribution in [1.29, 1.82) is 0 Å². The number of hydrogen-bond acceptors (Lipinski definition) is 3. The van der Waals surface area contributed by atoms with E-state index in [4.69, 9.17) is 5.73 Å². The summed E-state index contributed by atoms with van der Waals surface area (Å²) in [6, 6.07) is 6.10. The minimum atomic E-state index is 0.136. The Bertz CT molecular complexity index is 333. The van der Waals surface area contributed by atoms with E-state index in [1.54, 1.807) is 0 Å². The third-order valence-corrected chi connectivity index (χ3v) is 3.83. The zero-order valence-electron chi connectivity index (χ0n) is 10.7. The number of nitrogens with two attached hydrogens (primary N) is 1. The van der Waals surface area contributed by atoms with E-state index in [1.165, 1.54) is 19.3 Å². The Morgan fingerprint density at radius 2 is 2.24 bits per heavy atom. The second-order valence-electron chi connectivity index (χ2n) is 5.16. The van der Waals surface area contributed by atoms with E-state index in [0.29, 0.717) is 0 Å². The van der Waals surface area contributed by atoms with Crippen LogP contribution in [0.1, 0.15) is 38.3 Å². The Labute approximate surface area is 104 Å². The van der Waals surface area contributed by atoms with Crippen molar-refractivity contribution in [3.63, 3.8) is 0 Å². The minimum Gasteiger partial charge on any atom is -0.325 e. The maximum Gasteiger partial charge on any atom is 0.0543 e. The van der Waals surface area contributed by atoms with Gasteiger partial charge in [-0.3, -0.25) is 9.88 Å². The Morgan fingerprint density at radius 3 is 2.76 bits per heavy atom. The molecule has 1 saturated carbocycles. The summed E-state index contributed by atoms with van der Waals surface area (Å²) in [6.45, 7) is 5.29. The first-order valence-corrected chi connectivity index (χ1v) is 6.63. The van der Waals surface area contributed by atoms with Crippen LogP contribution >= 0.6 is 0 Å². The van der Waals surface area contributed by atoms with Crippen LogP contribution in [-0.2, 0) is 6.54 Å². The average molecular weight is 233 g/mol. The zero-order valence-corrected chi connectivity index (χ0v) is 10.7. The molecule has 0 spiro atoms. The summed E-state index contributed by atoms with van der Waals surface area (Å²) in [5, 5.41) is 0. The normalized spacial score (nSPS) is 18.1. The molecule has 1 aromatic heterocycles. The van der Waals surface area contributed by atoms with Gasteiger partial charge in [0.15, 0.2) is 0 Å². The third-order valence-electron chi connectivity index (χ3n) is 3.83. The predicted octanol–water partition coefficient (Wildman–Crippen LogP) is 2.17. The van der Waals surface area contributed by atoms with E-state index >= 15 is 0 Å². The fourth-order valence-corrected chi connectivity index (χ4v) is 2.33. The molecule has 0 radical (unpaired) electrons. The van der Waals surface area contributed by atoms with Gasteiger partial charge in [0.2, 0.25) is 0 Å². The van der Waals surface area contributed by atoms with Crippen molar-refractivity contribution in [3.05, 3.63) is 30.1 Å². The van der Waals surface area contributed by atoms with Gasteiger partial charge in [-0.25, -0.2) is 0 Å². The van der Waals surface area contributed by atoms with E-state index in [-0.39, 0.29) is 5.54 Å². The molecule has 0 atom stereocenters. The molecule has 0 saturated heterocycles. The van der Waals surface area contributed by atoms with Gasteiger partial charge in [-0.2, -0.15) is 0 Å². The number of hydrogen-bond donors (Lipinski definition) is 1. The molecule has 94 valence electrons. The highest BCUT2D eigenvalue weighted by molar-refractivity contribution is 5.03. The summed E-state index contributed by atoms with van der Waals surface area (Å²) >= 11 is 0. The molecule has 0 aliphatic heterocycles. The fourth-order valence-electron chi connectivity index (χ4n) is 2.33. The molecule has 2 N–H and O–H groups in total. The van der Waals surface area contributed by atoms with Crippen LogP contribution in [0.5, 0.6) is 0 Å². The predicted molar refractivity (Wildman–Crippen MR) is 70.6 cm³/mol. The fraction of sp³-hybridized carbons (Fsp3) is 0.643. The molecular formula is C14H23N3. The van der Waals surface area contributed by atoms with Gasteiger partial charge in [-0.05, 0) is 44.4 Å². The lowest BCUT2D eigenvalue weighted by Gasteiger charge is -2.39. The molecule has 1 aliphatic rings. The van der Waals surface area contributed by atoms with Gasteiger partial charge in [-0.1, -0.05) is 13.0 Å². The van der Waals surface area contributed by atoms with Crippen LogP contribution in [0.15, 0.2) is 24.4 Å². The second kappa shape index (κ2) is 5.61. The van der Waals surface area contributed by atoms with Crippen molar-refractivity contribution in [2.45, 2.75) is 44.7 Å². The third kappa shape index (κ3) is 3.51. The van der Waals surface area contributed by atoms with E-state index in [0.717, 1.165) is 31.7 Å². The van der Waals surface area contributed by atoms with Gasteiger partial charge in [0.25, 0.3) is 0 Å². The Hall–Kier alpha value is -0.930. The molecule has 2 rings (SSSR count). The molecule has 1 aliphatic carbocycles. The van der Waals surface area contributed by atoms with Crippen LogP contribution in [0.3, 0.4) is 0 Å². The van der Waals surface area contributed by atoms with Gasteiger partial charge in [0.05, 0.1) is 5.69 Å². The number of aromatic nitrogens is 1. The topological polar surface area (TPSA) is 42.1 Å². The highest BCUT2D eigenvalue weighted by Crippen LogP contribution is 2.32. The maximum absolute atomic E-state index is 6.26. The lowest BCUT2D eigenvalue weighted by Crippen LogP contribution is -2.48. The highest BCUT2D eigenvalue weighted by atomic mass is 15.1. The standard InChI is InChI=1S/C14H23N3/c1-2-17(11-9-14(15)7-5-8-14)12-13-6-3-4-10-16-13/h3-4,6,10H,2,5,7-9,11-12,15H2,1H3. The maximum atomic E-state index is 6.26. The van der Waals surface area contributed by atoms with E-state index in [2.05, 4.69) is 22.9 Å². The van der Waals surface area contributed by atoms with Gasteiger partial charge >= 0.3 is 0 Å². The van der Waals surface area contributed by atoms with Crippen molar-refractivity contribution in [1.82, 2.24) is 9.88 Å². The van der Waals surface area contributed by atoms with Crippen molar-refractivity contribution < 1.29 is 0 Å². The molecule has 0 unspecified atom stereocenters. The highest BCUT2D eigenvalue weighted by Gasteiger charge is 2.32. The lowest BCUT2D eigenvalue weighted by molar-refractivity contribution is 0.180. The van der Waals surface area contributed by atoms with Crippen molar-refractivity contribution in [3.8, 4) is 0 Å². The van der Waals surface area contributed by atoms with Crippen LogP contribution in [-0.4, -0.2) is 28.5 Å². The lowest BCUT2D eigenvalue weighted by atomic mass is 9.75. The largest absolute Gasteiger partial charge is 0.325 e. The van der Waals surface area contributed by atoms with Crippen LogP contribution in [0.2, 0.25) is 0 Å². The van der Waals surface area contributed by atoms with E-state index < -0.39 is 0 Å². The molecule has 0 amide bonds. The quantitative estimate of drug-likeness (QED) is 0.819. The van der Waals surface area contributed by atoms with Gasteiger partial charge in [0, 0.05) is 24.8 Å². The number of rotatable bonds is 6. The van der Waals surface area contributed by atoms with Crippen molar-refractivity contribution in [2.75, 3.05) is 13.1 Å². The van der Waals surface area contributed by atoms with Crippen LogP contribution in [0, 0.1) is 0 Å². The summed E-state index contributed by atoms with van der Waals surface area (Å²) in [7, 11) is 0. The van der Waals surface area contributed by atoms with Gasteiger partial charge < -0.3 is 5.73 Å². The summed E-state index contributed by atoms with van der Waals surface area (Å²) in [6.07, 6.45) is 6.69. The van der Waals surface area contributed by atoms with Crippen LogP contribution in [0.25, 0.3) is 0 Å². The zero-order chi connectivity index (χ0) is 12.1. The van der Waals surface area contributed by atoms with E-state index in [1.807, 2.05) is 18.3 Å². The molecule has 1 heterocycles. The van der Waals surface area contributed by atoms with Crippen molar-refractivity contribution in [2.24, 2.45) is 5.73 Å². The molecule has 3 heteroatoms. The summed E-state index contributed by atoms with van der Waals surface area (Å²) in [5.74, 6) is 0. The Balaban J connectivity index is 1.80. The first-order chi connectivity index (χ1) is 8.22. The SMILES string of the molecule is CCN(CCC1(N)CCC1)Cc1ccccn1. The number of nitrogens with zero attached hydrogens (tertiary/aromatic N) is 2. The molecular weight excluding hydrogens is 210 g/mol. The average Bonchev–Trinajstić information content (AvgIpc) is 2.33. The number of pyridine rings is 1. The summed E-state index contributed by atoms with van der Waals surface area (Å²) in [5.41, 5.74) is 7.54. The molecule has 17 heavy (non-hydrogen) atoms. The summed E-state index contributed by atoms with van der Waals surface area (Å²) in [4.78, 5) is 6.80. The first kappa shape index (κ1) is 12.5. The second-order valence-corrected chi connectivity index (χ2v) is 5.16. The first-order valence-electron chi connectivity index (χ1n) is 6.63. The van der Waals surface area contributed by atoms with Gasteiger partial charge in [-0.15, -0.1) is 0 Å². The summed E-state index contributed by atoms with van der Waals surface area (Å²) < 4.78 is 0. The Morgan fingerprint density at radius 1 is 1.41 bits per heavy atom. The molecule has 0 bridgehead atoms. The molecule has 0 aromatic carbocycles. The Kier molecular flexibility index (Phi) is 4.13. The van der Waals surface area contributed by atoms with E-state index in [9.17, 15) is 0 Å². The van der Waals surface area contributed by atoms with Crippen LogP contribution < -0.4 is 5.73 Å². The van der Waals surface area contributed by atoms with Crippen LogP contribution in [0.4, 0.5) is 0 Å². The molecule has 3 nitrogen and oxygen atoms in total.